The number of benzene rings is 2. The third-order valence-electron chi connectivity index (χ3n) is 5.24. The lowest BCUT2D eigenvalue weighted by molar-refractivity contribution is 0.743. The minimum Gasteiger partial charge on any atom is -0.310 e. The van der Waals surface area contributed by atoms with Gasteiger partial charge in [-0.1, -0.05) is 30.3 Å². The summed E-state index contributed by atoms with van der Waals surface area (Å²) in [5, 5.41) is 9.15. The smallest absolute Gasteiger partial charge is 0.203 e. The summed E-state index contributed by atoms with van der Waals surface area (Å²) >= 11 is 0. The monoisotopic (exact) mass is 349 g/mol. The zero-order valence-corrected chi connectivity index (χ0v) is 16.7. The molecule has 0 spiro atoms. The van der Waals surface area contributed by atoms with Crippen LogP contribution in [-0.2, 0) is 12.8 Å². The highest BCUT2D eigenvalue weighted by molar-refractivity contribution is 6.06. The maximum Gasteiger partial charge on any atom is 0.203 e. The van der Waals surface area contributed by atoms with Crippen LogP contribution in [0.25, 0.3) is 0 Å². The molecule has 3 nitrogen and oxygen atoms in total. The molecule has 0 aromatic heterocycles. The highest BCUT2D eigenvalue weighted by atomic mass is 15.4. The van der Waals surface area contributed by atoms with Crippen LogP contribution in [0.5, 0.6) is 0 Å². The number of anilines is 2. The minimum atomic E-state index is 0.210. The van der Waals surface area contributed by atoms with Crippen LogP contribution in [0.2, 0.25) is 0 Å². The normalized spacial score (nSPS) is 13.2. The summed E-state index contributed by atoms with van der Waals surface area (Å²) in [5.74, 6) is 0.560. The van der Waals surface area contributed by atoms with E-state index in [1.54, 1.807) is 0 Å². The Morgan fingerprint density at radius 1 is 0.846 bits per heavy atom. The first-order valence-corrected chi connectivity index (χ1v) is 9.75. The van der Waals surface area contributed by atoms with E-state index in [2.05, 4.69) is 86.9 Å². The number of nitrogens with one attached hydrogen (secondary N) is 1. The van der Waals surface area contributed by atoms with Crippen molar-refractivity contribution in [3.8, 4) is 0 Å². The van der Waals surface area contributed by atoms with Crippen molar-refractivity contribution in [3.63, 3.8) is 0 Å². The van der Waals surface area contributed by atoms with Gasteiger partial charge in [0.05, 0.1) is 0 Å². The molecule has 2 aromatic rings. The molecule has 138 valence electrons. The van der Waals surface area contributed by atoms with Gasteiger partial charge >= 0.3 is 0 Å². The standard InChI is InChI=1S/C23H31N3/c1-16(2)25(21-14-7-6-10-18(21)5)23(24)26(17(3)4)22-15-9-12-19-11-8-13-20(19)22/h6-7,9-10,12,14-17,24H,8,11,13H2,1-5H3. The zero-order chi connectivity index (χ0) is 18.8. The molecule has 0 heterocycles. The number of fused-ring (bicyclic) bond motifs is 1. The highest BCUT2D eigenvalue weighted by Gasteiger charge is 2.28. The molecule has 0 amide bonds. The average molecular weight is 350 g/mol. The van der Waals surface area contributed by atoms with Crippen LogP contribution in [-0.4, -0.2) is 18.0 Å². The Morgan fingerprint density at radius 3 is 2.12 bits per heavy atom. The Bertz CT molecular complexity index is 792. The van der Waals surface area contributed by atoms with Gasteiger partial charge in [-0.05, 0) is 82.7 Å². The lowest BCUT2D eigenvalue weighted by Crippen LogP contribution is -2.50. The van der Waals surface area contributed by atoms with Crippen LogP contribution in [0.3, 0.4) is 0 Å². The Kier molecular flexibility index (Phi) is 5.36. The van der Waals surface area contributed by atoms with Gasteiger partial charge in [0, 0.05) is 23.5 Å². The number of hydrogen-bond acceptors (Lipinski definition) is 1. The second kappa shape index (κ2) is 7.53. The molecule has 0 saturated carbocycles. The van der Waals surface area contributed by atoms with Gasteiger partial charge in [0.1, 0.15) is 0 Å². The molecule has 0 unspecified atom stereocenters. The summed E-state index contributed by atoms with van der Waals surface area (Å²) in [7, 11) is 0. The topological polar surface area (TPSA) is 30.3 Å². The predicted octanol–water partition coefficient (Wildman–Crippen LogP) is 5.55. The minimum absolute atomic E-state index is 0.210. The van der Waals surface area contributed by atoms with E-state index in [9.17, 15) is 0 Å². The van der Waals surface area contributed by atoms with Gasteiger partial charge in [-0.25, -0.2) is 0 Å². The van der Waals surface area contributed by atoms with E-state index in [1.165, 1.54) is 28.8 Å². The van der Waals surface area contributed by atoms with Crippen molar-refractivity contribution < 1.29 is 0 Å². The molecule has 0 aliphatic heterocycles. The van der Waals surface area contributed by atoms with Crippen molar-refractivity contribution in [1.82, 2.24) is 0 Å². The van der Waals surface area contributed by atoms with Crippen LogP contribution >= 0.6 is 0 Å². The highest BCUT2D eigenvalue weighted by Crippen LogP contribution is 2.34. The molecule has 1 aliphatic carbocycles. The summed E-state index contributed by atoms with van der Waals surface area (Å²) in [5.41, 5.74) is 6.41. The van der Waals surface area contributed by atoms with E-state index in [4.69, 9.17) is 5.41 Å². The molecule has 1 N–H and O–H groups in total. The van der Waals surface area contributed by atoms with Crippen molar-refractivity contribution in [1.29, 1.82) is 5.41 Å². The third-order valence-corrected chi connectivity index (χ3v) is 5.24. The summed E-state index contributed by atoms with van der Waals surface area (Å²) < 4.78 is 0. The van der Waals surface area contributed by atoms with Gasteiger partial charge in [-0.2, -0.15) is 0 Å². The van der Waals surface area contributed by atoms with Gasteiger partial charge in [-0.15, -0.1) is 0 Å². The number of para-hydroxylation sites is 1. The maximum atomic E-state index is 9.15. The summed E-state index contributed by atoms with van der Waals surface area (Å²) in [6.07, 6.45) is 3.50. The first kappa shape index (κ1) is 18.5. The van der Waals surface area contributed by atoms with Crippen LogP contribution in [0.1, 0.15) is 50.8 Å². The van der Waals surface area contributed by atoms with Crippen molar-refractivity contribution in [2.24, 2.45) is 0 Å². The molecule has 3 heteroatoms. The fraction of sp³-hybridized carbons (Fsp3) is 0.435. The molecule has 0 bridgehead atoms. The second-order valence-corrected chi connectivity index (χ2v) is 7.81. The number of guanidine groups is 1. The van der Waals surface area contributed by atoms with Crippen molar-refractivity contribution in [3.05, 3.63) is 59.2 Å². The Labute approximate surface area is 158 Å². The molecule has 1 aliphatic rings. The summed E-state index contributed by atoms with van der Waals surface area (Å²) in [6.45, 7) is 10.8. The Hall–Kier alpha value is -2.29. The summed E-state index contributed by atoms with van der Waals surface area (Å²) in [4.78, 5) is 4.36. The fourth-order valence-corrected chi connectivity index (χ4v) is 4.05. The third kappa shape index (κ3) is 3.35. The molecule has 0 saturated heterocycles. The molecule has 26 heavy (non-hydrogen) atoms. The zero-order valence-electron chi connectivity index (χ0n) is 16.7. The SMILES string of the molecule is Cc1ccccc1N(C(=N)N(c1cccc2c1CCC2)C(C)C)C(C)C. The molecule has 3 rings (SSSR count). The molecule has 0 fully saturated rings. The van der Waals surface area contributed by atoms with Gasteiger partial charge in [-0.3, -0.25) is 5.41 Å². The van der Waals surface area contributed by atoms with Gasteiger partial charge in [0.15, 0.2) is 0 Å². The van der Waals surface area contributed by atoms with E-state index >= 15 is 0 Å². The van der Waals surface area contributed by atoms with Crippen molar-refractivity contribution in [2.75, 3.05) is 9.80 Å². The van der Waals surface area contributed by atoms with Crippen LogP contribution in [0, 0.1) is 12.3 Å². The average Bonchev–Trinajstić information content (AvgIpc) is 3.06. The summed E-state index contributed by atoms with van der Waals surface area (Å²) in [6, 6.07) is 15.4. The molecular weight excluding hydrogens is 318 g/mol. The molecular formula is C23H31N3. The molecule has 2 aromatic carbocycles. The van der Waals surface area contributed by atoms with Gasteiger partial charge < -0.3 is 9.80 Å². The number of aryl methyl sites for hydroxylation is 2. The lowest BCUT2D eigenvalue weighted by Gasteiger charge is -2.39. The Balaban J connectivity index is 2.06. The van der Waals surface area contributed by atoms with Crippen molar-refractivity contribution >= 4 is 17.3 Å². The fourth-order valence-electron chi connectivity index (χ4n) is 4.05. The second-order valence-electron chi connectivity index (χ2n) is 7.81. The van der Waals surface area contributed by atoms with E-state index in [-0.39, 0.29) is 12.1 Å². The van der Waals surface area contributed by atoms with E-state index in [0.29, 0.717) is 5.96 Å². The Morgan fingerprint density at radius 2 is 1.46 bits per heavy atom. The van der Waals surface area contributed by atoms with Crippen LogP contribution < -0.4 is 9.80 Å². The largest absolute Gasteiger partial charge is 0.310 e. The van der Waals surface area contributed by atoms with Gasteiger partial charge in [0.25, 0.3) is 0 Å². The van der Waals surface area contributed by atoms with Crippen molar-refractivity contribution in [2.45, 2.75) is 66.0 Å². The van der Waals surface area contributed by atoms with E-state index in [0.717, 1.165) is 18.5 Å². The lowest BCUT2D eigenvalue weighted by atomic mass is 10.1. The maximum absolute atomic E-state index is 9.15. The van der Waals surface area contributed by atoms with E-state index < -0.39 is 0 Å². The molecule has 0 atom stereocenters. The quantitative estimate of drug-likeness (QED) is 0.579. The van der Waals surface area contributed by atoms with E-state index in [1.807, 2.05) is 0 Å². The number of nitrogens with zero attached hydrogens (tertiary/aromatic N) is 2. The van der Waals surface area contributed by atoms with Crippen LogP contribution in [0.15, 0.2) is 42.5 Å². The molecule has 0 radical (unpaired) electrons. The first-order valence-electron chi connectivity index (χ1n) is 9.75. The predicted molar refractivity (Wildman–Crippen MR) is 113 cm³/mol. The van der Waals surface area contributed by atoms with Crippen LogP contribution in [0.4, 0.5) is 11.4 Å². The first-order chi connectivity index (χ1) is 12.4. The number of rotatable bonds is 4. The van der Waals surface area contributed by atoms with Gasteiger partial charge in [0.2, 0.25) is 5.96 Å². The number of hydrogen-bond donors (Lipinski definition) is 1.